The predicted molar refractivity (Wildman–Crippen MR) is 87.1 cm³/mol. The number of hydrogen-bond donors (Lipinski definition) is 2. The van der Waals surface area contributed by atoms with Gasteiger partial charge in [0.1, 0.15) is 0 Å². The van der Waals surface area contributed by atoms with Gasteiger partial charge < -0.3 is 15.4 Å². The van der Waals surface area contributed by atoms with Crippen molar-refractivity contribution in [2.24, 2.45) is 13.0 Å². The first kappa shape index (κ1) is 16.4. The molecule has 1 aliphatic rings. The maximum Gasteiger partial charge on any atom is 0.225 e. The lowest BCUT2D eigenvalue weighted by Gasteiger charge is -2.17. The maximum absolute atomic E-state index is 13.7. The average Bonchev–Trinajstić information content (AvgIpc) is 3.21. The van der Waals surface area contributed by atoms with Crippen LogP contribution in [-0.2, 0) is 18.4 Å². The summed E-state index contributed by atoms with van der Waals surface area (Å²) in [6, 6.07) is 4.69. The molecule has 0 saturated carbocycles. The molecule has 7 heteroatoms. The first-order valence-electron chi connectivity index (χ1n) is 7.88. The lowest BCUT2D eigenvalue weighted by Crippen LogP contribution is -2.34. The van der Waals surface area contributed by atoms with Gasteiger partial charge in [0, 0.05) is 38.8 Å². The van der Waals surface area contributed by atoms with Crippen LogP contribution in [0.1, 0.15) is 17.0 Å². The van der Waals surface area contributed by atoms with E-state index in [4.69, 9.17) is 4.74 Å². The Balaban J connectivity index is 1.63. The topological polar surface area (TPSA) is 68.2 Å². The van der Waals surface area contributed by atoms with Crippen LogP contribution in [-0.4, -0.2) is 35.9 Å². The van der Waals surface area contributed by atoms with Gasteiger partial charge in [0.05, 0.1) is 19.2 Å². The highest BCUT2D eigenvalue weighted by Crippen LogP contribution is 2.28. The highest BCUT2D eigenvalue weighted by molar-refractivity contribution is 5.80. The van der Waals surface area contributed by atoms with Crippen LogP contribution in [0.2, 0.25) is 0 Å². The molecular formula is C17H21FN4O2. The number of ether oxygens (including phenoxy) is 1. The number of nitrogens with one attached hydrogen (secondary N) is 2. The van der Waals surface area contributed by atoms with Crippen molar-refractivity contribution in [3.8, 4) is 5.75 Å². The van der Waals surface area contributed by atoms with E-state index in [2.05, 4.69) is 15.7 Å². The SMILES string of the molecule is COc1ccc(CNC(=O)[C@H]2CNC[C@@H]2c2cnn(C)c2)cc1F. The Kier molecular flexibility index (Phi) is 4.80. The molecule has 2 heterocycles. The number of methoxy groups -OCH3 is 1. The summed E-state index contributed by atoms with van der Waals surface area (Å²) in [5.74, 6) is -0.324. The lowest BCUT2D eigenvalue weighted by molar-refractivity contribution is -0.125. The second kappa shape index (κ2) is 7.00. The van der Waals surface area contributed by atoms with Crippen molar-refractivity contribution >= 4 is 5.91 Å². The summed E-state index contributed by atoms with van der Waals surface area (Å²) in [5.41, 5.74) is 1.75. The number of carbonyl (C=O) groups excluding carboxylic acids is 1. The number of nitrogens with zero attached hydrogens (tertiary/aromatic N) is 2. The van der Waals surface area contributed by atoms with E-state index in [-0.39, 0.29) is 30.0 Å². The summed E-state index contributed by atoms with van der Waals surface area (Å²) in [6.45, 7) is 1.67. The number of rotatable bonds is 5. The third kappa shape index (κ3) is 3.41. The van der Waals surface area contributed by atoms with Crippen LogP contribution in [0.4, 0.5) is 4.39 Å². The largest absolute Gasteiger partial charge is 0.494 e. The molecule has 128 valence electrons. The van der Waals surface area contributed by atoms with Crippen molar-refractivity contribution in [1.82, 2.24) is 20.4 Å². The highest BCUT2D eigenvalue weighted by atomic mass is 19.1. The van der Waals surface area contributed by atoms with E-state index in [1.54, 1.807) is 23.0 Å². The zero-order valence-electron chi connectivity index (χ0n) is 13.8. The van der Waals surface area contributed by atoms with Gasteiger partial charge in [-0.05, 0) is 23.3 Å². The summed E-state index contributed by atoms with van der Waals surface area (Å²) in [5, 5.41) is 10.3. The molecule has 1 fully saturated rings. The van der Waals surface area contributed by atoms with Crippen molar-refractivity contribution < 1.29 is 13.9 Å². The van der Waals surface area contributed by atoms with Gasteiger partial charge in [-0.15, -0.1) is 0 Å². The summed E-state index contributed by atoms with van der Waals surface area (Å²) in [6.07, 6.45) is 3.74. The quantitative estimate of drug-likeness (QED) is 0.863. The van der Waals surface area contributed by atoms with Crippen LogP contribution in [0.3, 0.4) is 0 Å². The molecular weight excluding hydrogens is 311 g/mol. The maximum atomic E-state index is 13.7. The van der Waals surface area contributed by atoms with E-state index in [1.807, 2.05) is 13.2 Å². The fourth-order valence-corrected chi connectivity index (χ4v) is 3.08. The minimum absolute atomic E-state index is 0.0370. The van der Waals surface area contributed by atoms with Gasteiger partial charge in [-0.25, -0.2) is 4.39 Å². The molecule has 0 radical (unpaired) electrons. The van der Waals surface area contributed by atoms with Crippen molar-refractivity contribution in [2.45, 2.75) is 12.5 Å². The molecule has 1 aliphatic heterocycles. The van der Waals surface area contributed by atoms with Crippen molar-refractivity contribution in [2.75, 3.05) is 20.2 Å². The van der Waals surface area contributed by atoms with E-state index in [0.29, 0.717) is 12.1 Å². The van der Waals surface area contributed by atoms with Gasteiger partial charge in [-0.2, -0.15) is 5.10 Å². The van der Waals surface area contributed by atoms with Crippen molar-refractivity contribution in [3.05, 3.63) is 47.5 Å². The summed E-state index contributed by atoms with van der Waals surface area (Å²) in [4.78, 5) is 12.5. The van der Waals surface area contributed by atoms with Crippen molar-refractivity contribution in [3.63, 3.8) is 0 Å². The molecule has 24 heavy (non-hydrogen) atoms. The third-order valence-corrected chi connectivity index (χ3v) is 4.39. The molecule has 6 nitrogen and oxygen atoms in total. The molecule has 0 bridgehead atoms. The van der Waals surface area contributed by atoms with E-state index < -0.39 is 5.82 Å². The molecule has 2 N–H and O–H groups in total. The Morgan fingerprint density at radius 3 is 3.00 bits per heavy atom. The molecule has 0 aliphatic carbocycles. The number of aryl methyl sites for hydroxylation is 1. The number of benzene rings is 1. The molecule has 1 saturated heterocycles. The van der Waals surface area contributed by atoms with Crippen LogP contribution >= 0.6 is 0 Å². The first-order chi connectivity index (χ1) is 11.6. The Bertz CT molecular complexity index is 731. The smallest absolute Gasteiger partial charge is 0.225 e. The normalized spacial score (nSPS) is 20.1. The predicted octanol–water partition coefficient (Wildman–Crippen LogP) is 1.19. The third-order valence-electron chi connectivity index (χ3n) is 4.39. The Morgan fingerprint density at radius 1 is 1.50 bits per heavy atom. The van der Waals surface area contributed by atoms with E-state index in [9.17, 15) is 9.18 Å². The fraction of sp³-hybridized carbons (Fsp3) is 0.412. The average molecular weight is 332 g/mol. The van der Waals surface area contributed by atoms with E-state index >= 15 is 0 Å². The van der Waals surface area contributed by atoms with Crippen LogP contribution < -0.4 is 15.4 Å². The minimum Gasteiger partial charge on any atom is -0.494 e. The van der Waals surface area contributed by atoms with Crippen LogP contribution in [0, 0.1) is 11.7 Å². The summed E-state index contributed by atoms with van der Waals surface area (Å²) < 4.78 is 20.3. The molecule has 0 spiro atoms. The molecule has 2 atom stereocenters. The summed E-state index contributed by atoms with van der Waals surface area (Å²) in [7, 11) is 3.28. The Morgan fingerprint density at radius 2 is 2.33 bits per heavy atom. The lowest BCUT2D eigenvalue weighted by atomic mass is 9.90. The number of aromatic nitrogens is 2. The van der Waals surface area contributed by atoms with Gasteiger partial charge >= 0.3 is 0 Å². The summed E-state index contributed by atoms with van der Waals surface area (Å²) >= 11 is 0. The number of amides is 1. The first-order valence-corrected chi connectivity index (χ1v) is 7.88. The van der Waals surface area contributed by atoms with Gasteiger partial charge in [-0.3, -0.25) is 9.48 Å². The van der Waals surface area contributed by atoms with Crippen LogP contribution in [0.15, 0.2) is 30.6 Å². The van der Waals surface area contributed by atoms with Gasteiger partial charge in [0.25, 0.3) is 0 Å². The second-order valence-corrected chi connectivity index (χ2v) is 6.01. The van der Waals surface area contributed by atoms with Gasteiger partial charge in [0.15, 0.2) is 11.6 Å². The molecule has 3 rings (SSSR count). The monoisotopic (exact) mass is 332 g/mol. The molecule has 1 aromatic carbocycles. The van der Waals surface area contributed by atoms with Crippen LogP contribution in [0.25, 0.3) is 0 Å². The fourth-order valence-electron chi connectivity index (χ4n) is 3.08. The second-order valence-electron chi connectivity index (χ2n) is 6.01. The zero-order chi connectivity index (χ0) is 17.1. The van der Waals surface area contributed by atoms with E-state index in [1.165, 1.54) is 13.2 Å². The molecule has 1 aromatic heterocycles. The Labute approximate surface area is 140 Å². The molecule has 2 aromatic rings. The minimum atomic E-state index is -0.431. The number of halogens is 1. The van der Waals surface area contributed by atoms with Gasteiger partial charge in [0.2, 0.25) is 5.91 Å². The zero-order valence-corrected chi connectivity index (χ0v) is 13.8. The molecule has 0 unspecified atom stereocenters. The number of hydrogen-bond acceptors (Lipinski definition) is 4. The Hall–Kier alpha value is -2.41. The van der Waals surface area contributed by atoms with E-state index in [0.717, 1.165) is 12.1 Å². The molecule has 1 amide bonds. The standard InChI is InChI=1S/C17H21FN4O2/c1-22-10-12(7-21-22)13-8-19-9-14(13)17(23)20-6-11-3-4-16(24-2)15(18)5-11/h3-5,7,10,13-14,19H,6,8-9H2,1-2H3,(H,20,23)/t13-,14+/m1/s1. The van der Waals surface area contributed by atoms with Gasteiger partial charge in [-0.1, -0.05) is 6.07 Å². The highest BCUT2D eigenvalue weighted by Gasteiger charge is 2.34. The van der Waals surface area contributed by atoms with Crippen LogP contribution in [0.5, 0.6) is 5.75 Å². The van der Waals surface area contributed by atoms with Crippen molar-refractivity contribution in [1.29, 1.82) is 0 Å². The number of carbonyl (C=O) groups is 1.